The van der Waals surface area contributed by atoms with Crippen LogP contribution in [0.1, 0.15) is 35.1 Å². The molecule has 9 rings (SSSR count). The molecule has 0 atom stereocenters. The monoisotopic (exact) mass is 816 g/mol. The van der Waals surface area contributed by atoms with Crippen molar-refractivity contribution in [3.8, 4) is 17.3 Å². The third-order valence-corrected chi connectivity index (χ3v) is 9.74. The van der Waals surface area contributed by atoms with Gasteiger partial charge in [0.25, 0.3) is 0 Å². The number of fused-ring (bicyclic) bond motifs is 5. The average molecular weight is 817 g/mol. The minimum Gasteiger partial charge on any atom is -0.509 e. The molecule has 49 heavy (non-hydrogen) atoms. The van der Waals surface area contributed by atoms with E-state index in [2.05, 4.69) is 137 Å². The van der Waals surface area contributed by atoms with Crippen LogP contribution in [0.25, 0.3) is 27.6 Å². The minimum absolute atomic E-state index is 0. The number of aryl methyl sites for hydroxylation is 2. The van der Waals surface area contributed by atoms with Gasteiger partial charge in [-0.1, -0.05) is 78.3 Å². The van der Waals surface area contributed by atoms with Gasteiger partial charge in [0.2, 0.25) is 0 Å². The van der Waals surface area contributed by atoms with Crippen molar-refractivity contribution in [3.05, 3.63) is 180 Å². The van der Waals surface area contributed by atoms with Gasteiger partial charge in [-0.15, -0.1) is 41.4 Å². The molecule has 0 N–H and O–H groups in total. The van der Waals surface area contributed by atoms with Crippen molar-refractivity contribution in [3.63, 3.8) is 0 Å². The third kappa shape index (κ3) is 5.34. The molecular weight excluding hydrogens is 784 g/mol. The van der Waals surface area contributed by atoms with E-state index >= 15 is 0 Å². The Labute approximate surface area is 301 Å². The fourth-order valence-electron chi connectivity index (χ4n) is 7.59. The second-order valence-corrected chi connectivity index (χ2v) is 12.5. The number of likely N-dealkylation sites (N-methyl/N-ethyl adjacent to an activating group) is 1. The Kier molecular flexibility index (Phi) is 8.09. The largest absolute Gasteiger partial charge is 0.509 e. The van der Waals surface area contributed by atoms with E-state index in [1.807, 2.05) is 42.6 Å². The minimum atomic E-state index is 0. The van der Waals surface area contributed by atoms with Crippen LogP contribution in [0.5, 0.6) is 11.5 Å². The maximum absolute atomic E-state index is 6.47. The molecule has 0 spiro atoms. The number of pyridine rings is 1. The zero-order chi connectivity index (χ0) is 32.2. The SMILES string of the molecule is CC1=C(C2c3ccccc3CCc3ccccc32)N(C)[CH-]N1c1[c-]c(Oc2[c-]c3c(cc2)c2ccccc2n3-c2ccccn2)ccc1.[Pt]. The Morgan fingerprint density at radius 3 is 2.16 bits per heavy atom. The van der Waals surface area contributed by atoms with E-state index in [1.165, 1.54) is 33.6 Å². The number of nitrogens with zero attached hydrogens (tertiary/aromatic N) is 4. The zero-order valence-electron chi connectivity index (χ0n) is 27.2. The number of anilines is 1. The van der Waals surface area contributed by atoms with Crippen molar-refractivity contribution >= 4 is 27.5 Å². The van der Waals surface area contributed by atoms with E-state index in [-0.39, 0.29) is 27.0 Å². The fraction of sp³-hybridized carbons (Fsp3) is 0.116. The van der Waals surface area contributed by atoms with Gasteiger partial charge in [0.05, 0.1) is 0 Å². The number of rotatable bonds is 5. The van der Waals surface area contributed by atoms with Gasteiger partial charge >= 0.3 is 0 Å². The normalized spacial score (nSPS) is 14.5. The van der Waals surface area contributed by atoms with Crippen LogP contribution in [-0.4, -0.2) is 21.5 Å². The summed E-state index contributed by atoms with van der Waals surface area (Å²) in [6, 6.07) is 49.5. The van der Waals surface area contributed by atoms with Gasteiger partial charge in [-0.05, 0) is 72.7 Å². The van der Waals surface area contributed by atoms with Gasteiger partial charge in [0, 0.05) is 61.6 Å². The Morgan fingerprint density at radius 2 is 1.41 bits per heavy atom. The zero-order valence-corrected chi connectivity index (χ0v) is 29.5. The Hall–Kier alpha value is -5.12. The molecule has 0 amide bonds. The number of ether oxygens (including phenoxy) is 1. The van der Waals surface area contributed by atoms with Gasteiger partial charge in [-0.3, -0.25) is 0 Å². The molecule has 0 unspecified atom stereocenters. The van der Waals surface area contributed by atoms with Gasteiger partial charge in [0.1, 0.15) is 5.82 Å². The van der Waals surface area contributed by atoms with Crippen LogP contribution in [-0.2, 0) is 33.9 Å². The van der Waals surface area contributed by atoms with Crippen LogP contribution < -0.4 is 9.64 Å². The van der Waals surface area contributed by atoms with Crippen molar-refractivity contribution in [1.82, 2.24) is 14.5 Å². The van der Waals surface area contributed by atoms with Crippen LogP contribution >= 0.6 is 0 Å². The number of allylic oxidation sites excluding steroid dienone is 2. The van der Waals surface area contributed by atoms with Crippen molar-refractivity contribution in [1.29, 1.82) is 0 Å². The molecule has 5 nitrogen and oxygen atoms in total. The van der Waals surface area contributed by atoms with Crippen LogP contribution in [0.15, 0.2) is 139 Å². The smallest absolute Gasteiger partial charge is 0.135 e. The summed E-state index contributed by atoms with van der Waals surface area (Å²) in [6.07, 6.45) is 3.91. The van der Waals surface area contributed by atoms with Crippen LogP contribution in [0.3, 0.4) is 0 Å². The molecule has 0 bridgehead atoms. The molecule has 0 saturated carbocycles. The summed E-state index contributed by atoms with van der Waals surface area (Å²) >= 11 is 0. The van der Waals surface area contributed by atoms with Gasteiger partial charge < -0.3 is 19.1 Å². The molecule has 5 aromatic carbocycles. The Balaban J connectivity index is 0.00000348. The van der Waals surface area contributed by atoms with Crippen molar-refractivity contribution in [2.75, 3.05) is 11.9 Å². The topological polar surface area (TPSA) is 33.5 Å². The first-order valence-corrected chi connectivity index (χ1v) is 16.4. The number of hydrogen-bond acceptors (Lipinski definition) is 4. The van der Waals surface area contributed by atoms with Crippen LogP contribution in [0, 0.1) is 18.8 Å². The quantitative estimate of drug-likeness (QED) is 0.162. The first kappa shape index (κ1) is 31.2. The second kappa shape index (κ2) is 12.7. The molecule has 7 aromatic rings. The molecule has 0 fully saturated rings. The summed E-state index contributed by atoms with van der Waals surface area (Å²) in [6.45, 7) is 4.38. The summed E-state index contributed by atoms with van der Waals surface area (Å²) in [5.41, 5.74) is 11.0. The Morgan fingerprint density at radius 1 is 0.714 bits per heavy atom. The van der Waals surface area contributed by atoms with Crippen LogP contribution in [0.4, 0.5) is 5.69 Å². The summed E-state index contributed by atoms with van der Waals surface area (Å²) < 4.78 is 8.62. The average Bonchev–Trinajstić information content (AvgIpc) is 3.55. The van der Waals surface area contributed by atoms with Gasteiger partial charge in [-0.2, -0.15) is 18.8 Å². The molecule has 0 saturated heterocycles. The molecule has 0 radical (unpaired) electrons. The van der Waals surface area contributed by atoms with Crippen molar-refractivity contribution in [2.45, 2.75) is 25.7 Å². The molecule has 6 heteroatoms. The van der Waals surface area contributed by atoms with E-state index in [1.54, 1.807) is 0 Å². The fourth-order valence-corrected chi connectivity index (χ4v) is 7.59. The van der Waals surface area contributed by atoms with Crippen LogP contribution in [0.2, 0.25) is 0 Å². The molecule has 1 aliphatic heterocycles. The molecule has 3 heterocycles. The molecule has 2 aliphatic rings. The first-order valence-electron chi connectivity index (χ1n) is 16.4. The van der Waals surface area contributed by atoms with E-state index in [4.69, 9.17) is 4.74 Å². The number of benzene rings is 5. The maximum atomic E-state index is 6.47. The first-order chi connectivity index (χ1) is 23.6. The van der Waals surface area contributed by atoms with Crippen molar-refractivity contribution in [2.24, 2.45) is 0 Å². The van der Waals surface area contributed by atoms with E-state index in [0.29, 0.717) is 11.5 Å². The predicted molar refractivity (Wildman–Crippen MR) is 192 cm³/mol. The van der Waals surface area contributed by atoms with E-state index in [0.717, 1.165) is 46.2 Å². The predicted octanol–water partition coefficient (Wildman–Crippen LogP) is 9.60. The molecule has 244 valence electrons. The van der Waals surface area contributed by atoms with E-state index < -0.39 is 0 Å². The number of para-hydroxylation sites is 1. The van der Waals surface area contributed by atoms with E-state index in [9.17, 15) is 0 Å². The van der Waals surface area contributed by atoms with Crippen molar-refractivity contribution < 1.29 is 25.8 Å². The number of aromatic nitrogens is 2. The van der Waals surface area contributed by atoms with Gasteiger partial charge in [0.15, 0.2) is 0 Å². The molecular formula is C43H33N4OPt-3. The maximum Gasteiger partial charge on any atom is 0.135 e. The standard InChI is InChI=1S/C43H33N4O.Pt/c1-29-43(42-35-16-5-3-12-30(35)21-22-31-13-4-6-17-36(31)42)45(2)28-46(29)32-14-11-15-33(26-32)48-34-23-24-38-37-18-7-8-19-39(37)47(40(38)27-34)41-20-9-10-25-44-41;/h3-20,23-25,28,42H,21-22H2,1-2H3;/q-3;. The third-order valence-electron chi connectivity index (χ3n) is 9.74. The summed E-state index contributed by atoms with van der Waals surface area (Å²) in [5, 5.41) is 2.26. The number of hydrogen-bond donors (Lipinski definition) is 0. The van der Waals surface area contributed by atoms with Gasteiger partial charge in [-0.25, -0.2) is 4.98 Å². The summed E-state index contributed by atoms with van der Waals surface area (Å²) in [5.74, 6) is 2.23. The second-order valence-electron chi connectivity index (χ2n) is 12.5. The summed E-state index contributed by atoms with van der Waals surface area (Å²) in [7, 11) is 2.15. The molecule has 2 aromatic heterocycles. The Bertz CT molecular complexity index is 2310. The summed E-state index contributed by atoms with van der Waals surface area (Å²) in [4.78, 5) is 9.16. The molecule has 1 aliphatic carbocycles.